The molecule has 21 heavy (non-hydrogen) atoms. The molecular formula is C15H22N2O4. The normalized spacial score (nSPS) is 10.8. The fourth-order valence-electron chi connectivity index (χ4n) is 1.67. The fraction of sp³-hybridized carbons (Fsp3) is 0.467. The third-order valence-electron chi connectivity index (χ3n) is 3.43. The topological polar surface area (TPSA) is 87.7 Å². The molecule has 6 heteroatoms. The highest BCUT2D eigenvalue weighted by molar-refractivity contribution is 5.89. The van der Waals surface area contributed by atoms with Crippen LogP contribution in [0.4, 0.5) is 10.5 Å². The van der Waals surface area contributed by atoms with Gasteiger partial charge in [-0.15, -0.1) is 0 Å². The molecule has 0 aliphatic carbocycles. The van der Waals surface area contributed by atoms with Crippen LogP contribution in [-0.4, -0.2) is 29.3 Å². The first-order valence-corrected chi connectivity index (χ1v) is 6.92. The Morgan fingerprint density at radius 2 is 1.95 bits per heavy atom. The molecule has 0 fully saturated rings. The summed E-state index contributed by atoms with van der Waals surface area (Å²) in [5.74, 6) is -0.656. The zero-order valence-corrected chi connectivity index (χ0v) is 12.6. The van der Waals surface area contributed by atoms with Crippen molar-refractivity contribution in [3.8, 4) is 5.75 Å². The van der Waals surface area contributed by atoms with E-state index in [1.807, 2.05) is 20.8 Å². The highest BCUT2D eigenvalue weighted by atomic mass is 16.5. The van der Waals surface area contributed by atoms with Crippen LogP contribution in [0.3, 0.4) is 0 Å². The molecule has 0 bridgehead atoms. The van der Waals surface area contributed by atoms with Crippen LogP contribution >= 0.6 is 0 Å². The number of rotatable bonds is 7. The van der Waals surface area contributed by atoms with Gasteiger partial charge in [-0.25, -0.2) is 9.59 Å². The Labute approximate surface area is 124 Å². The molecule has 2 amide bonds. The van der Waals surface area contributed by atoms with Gasteiger partial charge in [0, 0.05) is 17.3 Å². The summed E-state index contributed by atoms with van der Waals surface area (Å²) in [4.78, 5) is 22.4. The van der Waals surface area contributed by atoms with Crippen LogP contribution in [0.15, 0.2) is 24.3 Å². The van der Waals surface area contributed by atoms with Crippen molar-refractivity contribution in [2.24, 2.45) is 0 Å². The number of hydrogen-bond donors (Lipinski definition) is 3. The standard InChI is InChI=1S/C15H22N2O4/c1-4-15(3,5-2)17-14(20)16-11-7-6-8-12(9-11)21-10-13(18)19/h6-9H,4-5,10H2,1-3H3,(H,18,19)(H2,16,17,20). The van der Waals surface area contributed by atoms with E-state index in [0.717, 1.165) is 12.8 Å². The maximum atomic E-state index is 12.0. The molecule has 6 nitrogen and oxygen atoms in total. The van der Waals surface area contributed by atoms with Crippen LogP contribution < -0.4 is 15.4 Å². The lowest BCUT2D eigenvalue weighted by Gasteiger charge is -2.28. The predicted molar refractivity (Wildman–Crippen MR) is 80.7 cm³/mol. The average Bonchev–Trinajstić information content (AvgIpc) is 2.45. The molecule has 1 aromatic carbocycles. The summed E-state index contributed by atoms with van der Waals surface area (Å²) in [6.07, 6.45) is 1.66. The smallest absolute Gasteiger partial charge is 0.341 e. The summed E-state index contributed by atoms with van der Waals surface area (Å²) >= 11 is 0. The summed E-state index contributed by atoms with van der Waals surface area (Å²) in [6.45, 7) is 5.60. The SMILES string of the molecule is CCC(C)(CC)NC(=O)Nc1cccc(OCC(=O)O)c1. The quantitative estimate of drug-likeness (QED) is 0.721. The van der Waals surface area contributed by atoms with Crippen molar-refractivity contribution in [3.05, 3.63) is 24.3 Å². The number of nitrogens with one attached hydrogen (secondary N) is 2. The van der Waals surface area contributed by atoms with Crippen LogP contribution in [0.2, 0.25) is 0 Å². The lowest BCUT2D eigenvalue weighted by Crippen LogP contribution is -2.46. The summed E-state index contributed by atoms with van der Waals surface area (Å²) in [7, 11) is 0. The van der Waals surface area contributed by atoms with Crippen molar-refractivity contribution in [2.75, 3.05) is 11.9 Å². The van der Waals surface area contributed by atoms with Crippen LogP contribution in [-0.2, 0) is 4.79 Å². The number of ether oxygens (including phenoxy) is 1. The molecule has 0 heterocycles. The van der Waals surface area contributed by atoms with E-state index in [9.17, 15) is 9.59 Å². The van der Waals surface area contributed by atoms with Gasteiger partial charge in [0.25, 0.3) is 0 Å². The number of amides is 2. The monoisotopic (exact) mass is 294 g/mol. The minimum Gasteiger partial charge on any atom is -0.482 e. The molecule has 0 radical (unpaired) electrons. The van der Waals surface area contributed by atoms with Gasteiger partial charge in [0.05, 0.1) is 0 Å². The number of aliphatic carboxylic acids is 1. The van der Waals surface area contributed by atoms with Gasteiger partial charge in [-0.05, 0) is 31.9 Å². The molecule has 0 spiro atoms. The van der Waals surface area contributed by atoms with Gasteiger partial charge in [-0.2, -0.15) is 0 Å². The van der Waals surface area contributed by atoms with E-state index in [0.29, 0.717) is 11.4 Å². The molecule has 0 aliphatic rings. The van der Waals surface area contributed by atoms with E-state index in [-0.39, 0.29) is 11.6 Å². The van der Waals surface area contributed by atoms with Gasteiger partial charge in [-0.1, -0.05) is 19.9 Å². The van der Waals surface area contributed by atoms with Gasteiger partial charge >= 0.3 is 12.0 Å². The van der Waals surface area contributed by atoms with Gasteiger partial charge in [0.2, 0.25) is 0 Å². The minimum absolute atomic E-state index is 0.249. The zero-order valence-electron chi connectivity index (χ0n) is 12.6. The highest BCUT2D eigenvalue weighted by Gasteiger charge is 2.21. The predicted octanol–water partition coefficient (Wildman–Crippen LogP) is 2.85. The van der Waals surface area contributed by atoms with Gasteiger partial charge in [-0.3, -0.25) is 0 Å². The minimum atomic E-state index is -1.05. The number of carbonyl (C=O) groups excluding carboxylic acids is 1. The van der Waals surface area contributed by atoms with E-state index in [2.05, 4.69) is 10.6 Å². The maximum absolute atomic E-state index is 12.0. The Balaban J connectivity index is 2.64. The fourth-order valence-corrected chi connectivity index (χ4v) is 1.67. The van der Waals surface area contributed by atoms with E-state index < -0.39 is 12.6 Å². The average molecular weight is 294 g/mol. The van der Waals surface area contributed by atoms with E-state index in [4.69, 9.17) is 9.84 Å². The molecule has 1 aromatic rings. The molecule has 3 N–H and O–H groups in total. The van der Waals surface area contributed by atoms with Crippen molar-refractivity contribution < 1.29 is 19.4 Å². The molecule has 0 aromatic heterocycles. The Bertz CT molecular complexity index is 498. The number of urea groups is 1. The highest BCUT2D eigenvalue weighted by Crippen LogP contribution is 2.18. The van der Waals surface area contributed by atoms with Crippen molar-refractivity contribution in [1.29, 1.82) is 0 Å². The second kappa shape index (κ2) is 7.52. The van der Waals surface area contributed by atoms with E-state index >= 15 is 0 Å². The van der Waals surface area contributed by atoms with Crippen LogP contribution in [0.25, 0.3) is 0 Å². The van der Waals surface area contributed by atoms with Gasteiger partial charge in [0.15, 0.2) is 6.61 Å². The molecule has 0 saturated heterocycles. The first-order chi connectivity index (χ1) is 9.88. The van der Waals surface area contributed by atoms with Crippen molar-refractivity contribution in [2.45, 2.75) is 39.2 Å². The summed E-state index contributed by atoms with van der Waals surface area (Å²) < 4.78 is 5.06. The van der Waals surface area contributed by atoms with Crippen molar-refractivity contribution >= 4 is 17.7 Å². The van der Waals surface area contributed by atoms with Crippen molar-refractivity contribution in [3.63, 3.8) is 0 Å². The van der Waals surface area contributed by atoms with Crippen molar-refractivity contribution in [1.82, 2.24) is 5.32 Å². The Morgan fingerprint density at radius 3 is 2.52 bits per heavy atom. The Morgan fingerprint density at radius 1 is 1.29 bits per heavy atom. The summed E-state index contributed by atoms with van der Waals surface area (Å²) in [5, 5.41) is 14.2. The maximum Gasteiger partial charge on any atom is 0.341 e. The lowest BCUT2D eigenvalue weighted by molar-refractivity contribution is -0.139. The van der Waals surface area contributed by atoms with Crippen LogP contribution in [0, 0.1) is 0 Å². The zero-order chi connectivity index (χ0) is 15.9. The van der Waals surface area contributed by atoms with Crippen LogP contribution in [0.5, 0.6) is 5.75 Å². The number of carboxylic acid groups (broad SMARTS) is 1. The first kappa shape index (κ1) is 16.8. The molecule has 1 rings (SSSR count). The third kappa shape index (κ3) is 5.72. The van der Waals surface area contributed by atoms with Crippen LogP contribution in [0.1, 0.15) is 33.6 Å². The molecular weight excluding hydrogens is 272 g/mol. The first-order valence-electron chi connectivity index (χ1n) is 6.92. The largest absolute Gasteiger partial charge is 0.482 e. The lowest BCUT2D eigenvalue weighted by atomic mass is 9.96. The van der Waals surface area contributed by atoms with Gasteiger partial charge in [0.1, 0.15) is 5.75 Å². The third-order valence-corrected chi connectivity index (χ3v) is 3.43. The Hall–Kier alpha value is -2.24. The summed E-state index contributed by atoms with van der Waals surface area (Å²) in [6, 6.07) is 6.32. The number of carboxylic acids is 1. The molecule has 0 unspecified atom stereocenters. The molecule has 116 valence electrons. The number of carbonyl (C=O) groups is 2. The second-order valence-corrected chi connectivity index (χ2v) is 5.06. The Kier molecular flexibility index (Phi) is 6.02. The molecule has 0 saturated carbocycles. The van der Waals surface area contributed by atoms with Gasteiger partial charge < -0.3 is 20.5 Å². The number of hydrogen-bond acceptors (Lipinski definition) is 3. The van der Waals surface area contributed by atoms with E-state index in [1.54, 1.807) is 24.3 Å². The number of benzene rings is 1. The molecule has 0 atom stereocenters. The van der Waals surface area contributed by atoms with E-state index in [1.165, 1.54) is 0 Å². The number of anilines is 1. The molecule has 0 aliphatic heterocycles. The second-order valence-electron chi connectivity index (χ2n) is 5.06. The summed E-state index contributed by atoms with van der Waals surface area (Å²) in [5.41, 5.74) is 0.298.